The van der Waals surface area contributed by atoms with Gasteiger partial charge in [0.05, 0.1) is 0 Å². The van der Waals surface area contributed by atoms with E-state index in [1.165, 1.54) is 57.3 Å². The third kappa shape index (κ3) is 2.46. The first-order chi connectivity index (χ1) is 11.4. The highest BCUT2D eigenvalue weighted by Gasteiger charge is 2.07. The average Bonchev–Trinajstić information content (AvgIpc) is 2.61. The largest absolute Gasteiger partial charge is 0.261 e. The molecule has 0 N–H and O–H groups in total. The van der Waals surface area contributed by atoms with E-state index in [0.29, 0.717) is 0 Å². The summed E-state index contributed by atoms with van der Waals surface area (Å²) < 4.78 is 0. The number of nitrogens with zero attached hydrogens (tertiary/aromatic N) is 1. The van der Waals surface area contributed by atoms with Crippen molar-refractivity contribution in [1.29, 1.82) is 0 Å². The summed E-state index contributed by atoms with van der Waals surface area (Å²) >= 11 is 0. The van der Waals surface area contributed by atoms with E-state index in [9.17, 15) is 0 Å². The SMILES string of the molecule is CCCCCc1nccc2c1ccc1c3ccccc3ccc21. The van der Waals surface area contributed by atoms with Crippen LogP contribution in [0, 0.1) is 0 Å². The molecule has 4 aromatic rings. The van der Waals surface area contributed by atoms with E-state index >= 15 is 0 Å². The van der Waals surface area contributed by atoms with E-state index in [1.807, 2.05) is 6.20 Å². The van der Waals surface area contributed by atoms with Crippen molar-refractivity contribution < 1.29 is 0 Å². The van der Waals surface area contributed by atoms with Gasteiger partial charge in [-0.3, -0.25) is 4.98 Å². The van der Waals surface area contributed by atoms with Crippen molar-refractivity contribution in [2.75, 3.05) is 0 Å². The molecule has 1 nitrogen and oxygen atoms in total. The van der Waals surface area contributed by atoms with Crippen LogP contribution in [0.4, 0.5) is 0 Å². The molecule has 0 aliphatic heterocycles. The highest BCUT2D eigenvalue weighted by atomic mass is 14.7. The van der Waals surface area contributed by atoms with Crippen molar-refractivity contribution in [3.05, 3.63) is 66.5 Å². The monoisotopic (exact) mass is 299 g/mol. The Kier molecular flexibility index (Phi) is 3.70. The summed E-state index contributed by atoms with van der Waals surface area (Å²) in [7, 11) is 0. The normalized spacial score (nSPS) is 11.5. The number of benzene rings is 3. The topological polar surface area (TPSA) is 12.9 Å². The molecule has 0 fully saturated rings. The van der Waals surface area contributed by atoms with Gasteiger partial charge in [0.2, 0.25) is 0 Å². The van der Waals surface area contributed by atoms with Gasteiger partial charge in [0.25, 0.3) is 0 Å². The summed E-state index contributed by atoms with van der Waals surface area (Å²) in [6.07, 6.45) is 6.79. The van der Waals surface area contributed by atoms with Gasteiger partial charge >= 0.3 is 0 Å². The number of aromatic nitrogens is 1. The Bertz CT molecular complexity index is 985. The lowest BCUT2D eigenvalue weighted by molar-refractivity contribution is 0.710. The molecule has 0 aliphatic carbocycles. The molecule has 0 atom stereocenters. The Morgan fingerprint density at radius 1 is 0.696 bits per heavy atom. The molecule has 0 spiro atoms. The number of aryl methyl sites for hydroxylation is 1. The van der Waals surface area contributed by atoms with Crippen LogP contribution in [0.15, 0.2) is 60.8 Å². The van der Waals surface area contributed by atoms with Crippen LogP contribution in [0.25, 0.3) is 32.3 Å². The first-order valence-electron chi connectivity index (χ1n) is 8.56. The van der Waals surface area contributed by atoms with Gasteiger partial charge in [-0.2, -0.15) is 0 Å². The van der Waals surface area contributed by atoms with E-state index in [-0.39, 0.29) is 0 Å². The summed E-state index contributed by atoms with van der Waals surface area (Å²) in [5.41, 5.74) is 1.24. The van der Waals surface area contributed by atoms with Crippen LogP contribution in [0.2, 0.25) is 0 Å². The van der Waals surface area contributed by atoms with Gasteiger partial charge in [-0.15, -0.1) is 0 Å². The van der Waals surface area contributed by atoms with Crippen molar-refractivity contribution in [1.82, 2.24) is 4.98 Å². The molecule has 0 radical (unpaired) electrons. The molecule has 114 valence electrons. The summed E-state index contributed by atoms with van der Waals surface area (Å²) in [6.45, 7) is 2.25. The number of hydrogen-bond acceptors (Lipinski definition) is 1. The third-order valence-electron chi connectivity index (χ3n) is 4.77. The Morgan fingerprint density at radius 2 is 1.43 bits per heavy atom. The van der Waals surface area contributed by atoms with Gasteiger partial charge in [-0.25, -0.2) is 0 Å². The molecule has 23 heavy (non-hydrogen) atoms. The quantitative estimate of drug-likeness (QED) is 0.319. The third-order valence-corrected chi connectivity index (χ3v) is 4.77. The number of hydrogen-bond donors (Lipinski definition) is 0. The highest BCUT2D eigenvalue weighted by molar-refractivity contribution is 6.17. The average molecular weight is 299 g/mol. The van der Waals surface area contributed by atoms with Crippen LogP contribution in [0.1, 0.15) is 31.9 Å². The second-order valence-electron chi connectivity index (χ2n) is 6.26. The first kappa shape index (κ1) is 14.2. The van der Waals surface area contributed by atoms with Crippen molar-refractivity contribution in [2.45, 2.75) is 32.6 Å². The molecule has 0 bridgehead atoms. The molecule has 0 saturated heterocycles. The van der Waals surface area contributed by atoms with Crippen LogP contribution in [0.3, 0.4) is 0 Å². The van der Waals surface area contributed by atoms with Gasteiger partial charge < -0.3 is 0 Å². The first-order valence-corrected chi connectivity index (χ1v) is 8.56. The predicted octanol–water partition coefficient (Wildman–Crippen LogP) is 6.27. The number of fused-ring (bicyclic) bond motifs is 5. The summed E-state index contributed by atoms with van der Waals surface area (Å²) in [5.74, 6) is 0. The molecule has 1 heteroatoms. The minimum absolute atomic E-state index is 1.07. The molecule has 4 rings (SSSR count). The Hall–Kier alpha value is -2.41. The van der Waals surface area contributed by atoms with Gasteiger partial charge in [-0.1, -0.05) is 68.3 Å². The molecule has 0 saturated carbocycles. The van der Waals surface area contributed by atoms with E-state index in [4.69, 9.17) is 0 Å². The second-order valence-corrected chi connectivity index (χ2v) is 6.26. The van der Waals surface area contributed by atoms with Gasteiger partial charge in [-0.05, 0) is 45.8 Å². The van der Waals surface area contributed by atoms with E-state index in [2.05, 4.69) is 66.5 Å². The predicted molar refractivity (Wildman–Crippen MR) is 100.0 cm³/mol. The minimum Gasteiger partial charge on any atom is -0.261 e. The van der Waals surface area contributed by atoms with E-state index in [0.717, 1.165) is 6.42 Å². The maximum absolute atomic E-state index is 4.65. The highest BCUT2D eigenvalue weighted by Crippen LogP contribution is 2.32. The second kappa shape index (κ2) is 6.00. The number of pyridine rings is 1. The lowest BCUT2D eigenvalue weighted by Gasteiger charge is -2.10. The smallest absolute Gasteiger partial charge is 0.0482 e. The Morgan fingerprint density at radius 3 is 2.35 bits per heavy atom. The van der Waals surface area contributed by atoms with Crippen molar-refractivity contribution in [2.24, 2.45) is 0 Å². The fourth-order valence-electron chi connectivity index (χ4n) is 3.56. The molecule has 3 aromatic carbocycles. The zero-order valence-corrected chi connectivity index (χ0v) is 13.5. The van der Waals surface area contributed by atoms with Crippen LogP contribution in [-0.2, 0) is 6.42 Å². The van der Waals surface area contributed by atoms with Gasteiger partial charge in [0.1, 0.15) is 0 Å². The van der Waals surface area contributed by atoms with Crippen LogP contribution >= 0.6 is 0 Å². The fourth-order valence-corrected chi connectivity index (χ4v) is 3.56. The minimum atomic E-state index is 1.07. The van der Waals surface area contributed by atoms with Crippen molar-refractivity contribution in [3.63, 3.8) is 0 Å². The lowest BCUT2D eigenvalue weighted by atomic mass is 9.96. The molecule has 0 aliphatic rings. The maximum atomic E-state index is 4.65. The number of unbranched alkanes of at least 4 members (excludes halogenated alkanes) is 2. The van der Waals surface area contributed by atoms with Gasteiger partial charge in [0, 0.05) is 17.3 Å². The van der Waals surface area contributed by atoms with Gasteiger partial charge in [0.15, 0.2) is 0 Å². The zero-order chi connectivity index (χ0) is 15.6. The van der Waals surface area contributed by atoms with Crippen molar-refractivity contribution >= 4 is 32.3 Å². The molecule has 0 amide bonds. The zero-order valence-electron chi connectivity index (χ0n) is 13.5. The maximum Gasteiger partial charge on any atom is 0.0482 e. The van der Waals surface area contributed by atoms with Crippen LogP contribution in [0.5, 0.6) is 0 Å². The standard InChI is InChI=1S/C22H21N/c1-2-3-4-9-22-21-13-12-18-17-8-6-5-7-16(17)10-11-19(18)20(21)14-15-23-22/h5-8,10-15H,2-4,9H2,1H3. The van der Waals surface area contributed by atoms with E-state index in [1.54, 1.807) is 0 Å². The van der Waals surface area contributed by atoms with Crippen LogP contribution < -0.4 is 0 Å². The van der Waals surface area contributed by atoms with Crippen molar-refractivity contribution in [3.8, 4) is 0 Å². The molecular weight excluding hydrogens is 278 g/mol. The summed E-state index contributed by atoms with van der Waals surface area (Å²) in [5, 5.41) is 7.94. The Labute approximate surface area is 137 Å². The molecule has 0 unspecified atom stereocenters. The summed E-state index contributed by atoms with van der Waals surface area (Å²) in [6, 6.07) is 19.8. The van der Waals surface area contributed by atoms with Crippen LogP contribution in [-0.4, -0.2) is 4.98 Å². The summed E-state index contributed by atoms with van der Waals surface area (Å²) in [4.78, 5) is 4.65. The molecule has 1 aromatic heterocycles. The lowest BCUT2D eigenvalue weighted by Crippen LogP contribution is -1.92. The fraction of sp³-hybridized carbons (Fsp3) is 0.227. The van der Waals surface area contributed by atoms with E-state index < -0.39 is 0 Å². The molecular formula is C22H21N. The number of rotatable bonds is 4. The Balaban J connectivity index is 1.95. The molecule has 1 heterocycles.